The summed E-state index contributed by atoms with van der Waals surface area (Å²) in [7, 11) is 1.84. The molecule has 3 aromatic rings. The van der Waals surface area contributed by atoms with Gasteiger partial charge < -0.3 is 24.8 Å². The molecule has 1 aromatic carbocycles. The number of primary amides is 1. The van der Waals surface area contributed by atoms with Crippen molar-refractivity contribution < 1.29 is 14.3 Å². The number of benzene rings is 1. The van der Waals surface area contributed by atoms with Gasteiger partial charge in [-0.25, -0.2) is 15.0 Å². The van der Waals surface area contributed by atoms with Crippen LogP contribution in [-0.4, -0.2) is 75.6 Å². The van der Waals surface area contributed by atoms with Crippen molar-refractivity contribution in [1.29, 1.82) is 0 Å². The molecule has 0 spiro atoms. The van der Waals surface area contributed by atoms with Crippen molar-refractivity contribution in [1.82, 2.24) is 24.4 Å². The molecule has 0 radical (unpaired) electrons. The van der Waals surface area contributed by atoms with Crippen LogP contribution in [0, 0.1) is 0 Å². The fraction of sp³-hybridized carbons (Fsp3) is 0.458. The lowest BCUT2D eigenvalue weighted by molar-refractivity contribution is -0.137. The minimum Gasteiger partial charge on any atom is -0.370 e. The van der Waals surface area contributed by atoms with E-state index >= 15 is 0 Å². The van der Waals surface area contributed by atoms with Crippen LogP contribution in [0.2, 0.25) is 0 Å². The fourth-order valence-corrected chi connectivity index (χ4v) is 4.16. The van der Waals surface area contributed by atoms with E-state index in [0.717, 1.165) is 54.9 Å². The van der Waals surface area contributed by atoms with Gasteiger partial charge in [-0.05, 0) is 43.0 Å². The Labute approximate surface area is 198 Å². The third-order valence-corrected chi connectivity index (χ3v) is 6.40. The van der Waals surface area contributed by atoms with Crippen LogP contribution < -0.4 is 10.6 Å². The Bertz CT molecular complexity index is 1140. The number of aryl methyl sites for hydroxylation is 1. The number of imidazole rings is 1. The summed E-state index contributed by atoms with van der Waals surface area (Å²) in [6, 6.07) is 5.32. The second kappa shape index (κ2) is 10.6. The van der Waals surface area contributed by atoms with Crippen LogP contribution >= 0.6 is 0 Å². The van der Waals surface area contributed by atoms with E-state index in [1.807, 2.05) is 24.0 Å². The van der Waals surface area contributed by atoms with Crippen molar-refractivity contribution in [3.63, 3.8) is 0 Å². The summed E-state index contributed by atoms with van der Waals surface area (Å²) in [6.07, 6.45) is 8.11. The average Bonchev–Trinajstić information content (AvgIpc) is 3.28. The van der Waals surface area contributed by atoms with Crippen LogP contribution in [0.15, 0.2) is 36.9 Å². The lowest BCUT2D eigenvalue weighted by atomic mass is 10.0. The molecule has 2 N–H and O–H groups in total. The van der Waals surface area contributed by atoms with Crippen LogP contribution in [0.1, 0.15) is 35.7 Å². The van der Waals surface area contributed by atoms with Gasteiger partial charge in [0.05, 0.1) is 24.0 Å². The first-order chi connectivity index (χ1) is 16.5. The number of aromatic nitrogens is 4. The summed E-state index contributed by atoms with van der Waals surface area (Å²) in [6.45, 7) is 4.62. The molecule has 10 heteroatoms. The van der Waals surface area contributed by atoms with Gasteiger partial charge in [-0.15, -0.1) is 0 Å². The molecule has 0 atom stereocenters. The molecule has 1 aliphatic rings. The number of carbonyl (C=O) groups is 2. The Balaban J connectivity index is 1.22. The highest BCUT2D eigenvalue weighted by Gasteiger charge is 2.26. The number of anilines is 1. The number of piperidine rings is 1. The van der Waals surface area contributed by atoms with E-state index in [0.29, 0.717) is 18.7 Å². The number of hydrogen-bond donors (Lipinski definition) is 1. The molecule has 2 aromatic heterocycles. The topological polar surface area (TPSA) is 119 Å². The van der Waals surface area contributed by atoms with Crippen molar-refractivity contribution in [2.75, 3.05) is 38.3 Å². The van der Waals surface area contributed by atoms with Crippen molar-refractivity contribution in [3.8, 4) is 0 Å². The molecule has 0 bridgehead atoms. The molecule has 1 aliphatic heterocycles. The summed E-state index contributed by atoms with van der Waals surface area (Å²) in [5.74, 6) is 0.240. The number of carbonyl (C=O) groups excluding carboxylic acids is 2. The van der Waals surface area contributed by atoms with Gasteiger partial charge in [-0.2, -0.15) is 0 Å². The lowest BCUT2D eigenvalue weighted by Gasteiger charge is -2.36. The number of likely N-dealkylation sites (N-methyl/N-ethyl adjacent to an activating group) is 1. The summed E-state index contributed by atoms with van der Waals surface area (Å²) in [4.78, 5) is 41.3. The van der Waals surface area contributed by atoms with Crippen molar-refractivity contribution in [2.45, 2.75) is 38.8 Å². The molecule has 3 heterocycles. The largest absolute Gasteiger partial charge is 0.370 e. The predicted octanol–water partition coefficient (Wildman–Crippen LogP) is 1.63. The van der Waals surface area contributed by atoms with E-state index < -0.39 is 5.91 Å². The zero-order valence-electron chi connectivity index (χ0n) is 19.7. The molecule has 0 aliphatic carbocycles. The van der Waals surface area contributed by atoms with Gasteiger partial charge in [-0.1, -0.05) is 6.92 Å². The van der Waals surface area contributed by atoms with Gasteiger partial charge in [0.15, 0.2) is 0 Å². The van der Waals surface area contributed by atoms with Gasteiger partial charge in [0.2, 0.25) is 17.8 Å². The number of rotatable bonds is 9. The number of ether oxygens (including phenoxy) is 1. The number of hydrogen-bond acceptors (Lipinski definition) is 7. The molecule has 0 saturated carbocycles. The zero-order chi connectivity index (χ0) is 24.1. The molecule has 180 valence electrons. The Morgan fingerprint density at radius 1 is 1.18 bits per heavy atom. The second-order valence-electron chi connectivity index (χ2n) is 8.53. The standard InChI is InChI=1S/C24H31N7O3/c1-3-17-13-26-24(27-14-17)30-8-6-19(7-9-30)29(2)22(32)15-34-11-10-31-16-28-20-5-4-18(23(25)33)12-21(20)31/h4-5,12-14,16,19H,3,6-11,15H2,1-2H3,(H2,25,33). The average molecular weight is 466 g/mol. The quantitative estimate of drug-likeness (QED) is 0.477. The fourth-order valence-electron chi connectivity index (χ4n) is 4.16. The molecule has 1 fully saturated rings. The minimum atomic E-state index is -0.479. The van der Waals surface area contributed by atoms with Crippen LogP contribution in [0.3, 0.4) is 0 Å². The summed E-state index contributed by atoms with van der Waals surface area (Å²) in [5.41, 5.74) is 8.52. The number of nitrogens with two attached hydrogens (primary N) is 1. The van der Waals surface area contributed by atoms with Crippen LogP contribution in [0.25, 0.3) is 11.0 Å². The highest BCUT2D eigenvalue weighted by atomic mass is 16.5. The third-order valence-electron chi connectivity index (χ3n) is 6.40. The highest BCUT2D eigenvalue weighted by Crippen LogP contribution is 2.19. The summed E-state index contributed by atoms with van der Waals surface area (Å²) < 4.78 is 7.55. The molecule has 0 unspecified atom stereocenters. The van der Waals surface area contributed by atoms with Crippen molar-refractivity contribution in [3.05, 3.63) is 48.0 Å². The van der Waals surface area contributed by atoms with Gasteiger partial charge in [-0.3, -0.25) is 9.59 Å². The Kier molecular flexibility index (Phi) is 7.36. The minimum absolute atomic E-state index is 0.0253. The van der Waals surface area contributed by atoms with E-state index in [-0.39, 0.29) is 18.6 Å². The maximum absolute atomic E-state index is 12.6. The molecule has 4 rings (SSSR count). The first-order valence-corrected chi connectivity index (χ1v) is 11.6. The van der Waals surface area contributed by atoms with Gasteiger partial charge >= 0.3 is 0 Å². The Hall–Kier alpha value is -3.53. The van der Waals surface area contributed by atoms with Gasteiger partial charge in [0.1, 0.15) is 6.61 Å². The lowest BCUT2D eigenvalue weighted by Crippen LogP contribution is -2.47. The van der Waals surface area contributed by atoms with Crippen molar-refractivity contribution in [2.24, 2.45) is 5.73 Å². The first-order valence-electron chi connectivity index (χ1n) is 11.6. The van der Waals surface area contributed by atoms with E-state index in [4.69, 9.17) is 10.5 Å². The van der Waals surface area contributed by atoms with Gasteiger partial charge in [0, 0.05) is 50.7 Å². The molecular weight excluding hydrogens is 434 g/mol. The maximum Gasteiger partial charge on any atom is 0.248 e. The van der Waals surface area contributed by atoms with E-state index in [1.165, 1.54) is 0 Å². The van der Waals surface area contributed by atoms with Crippen LogP contribution in [-0.2, 0) is 22.5 Å². The first kappa shape index (κ1) is 23.6. The maximum atomic E-state index is 12.6. The molecule has 34 heavy (non-hydrogen) atoms. The van der Waals surface area contributed by atoms with E-state index in [9.17, 15) is 9.59 Å². The van der Waals surface area contributed by atoms with Crippen LogP contribution in [0.5, 0.6) is 0 Å². The number of nitrogens with zero attached hydrogens (tertiary/aromatic N) is 6. The third kappa shape index (κ3) is 5.33. The molecule has 2 amide bonds. The smallest absolute Gasteiger partial charge is 0.248 e. The second-order valence-corrected chi connectivity index (χ2v) is 8.53. The summed E-state index contributed by atoms with van der Waals surface area (Å²) in [5, 5.41) is 0. The Morgan fingerprint density at radius 3 is 2.59 bits per heavy atom. The van der Waals surface area contributed by atoms with E-state index in [2.05, 4.69) is 26.8 Å². The SMILES string of the molecule is CCc1cnc(N2CCC(N(C)C(=O)COCCn3cnc4ccc(C(N)=O)cc43)CC2)nc1. The number of fused-ring (bicyclic) bond motifs is 1. The Morgan fingerprint density at radius 2 is 1.91 bits per heavy atom. The highest BCUT2D eigenvalue weighted by molar-refractivity contribution is 5.96. The monoisotopic (exact) mass is 465 g/mol. The predicted molar refractivity (Wildman–Crippen MR) is 128 cm³/mol. The van der Waals surface area contributed by atoms with Crippen molar-refractivity contribution >= 4 is 28.8 Å². The molecule has 10 nitrogen and oxygen atoms in total. The zero-order valence-corrected chi connectivity index (χ0v) is 19.7. The number of amides is 2. The molecule has 1 saturated heterocycles. The normalized spacial score (nSPS) is 14.5. The summed E-state index contributed by atoms with van der Waals surface area (Å²) >= 11 is 0. The molecular formula is C24H31N7O3. The van der Waals surface area contributed by atoms with Crippen LogP contribution in [0.4, 0.5) is 5.95 Å². The van der Waals surface area contributed by atoms with Gasteiger partial charge in [0.25, 0.3) is 0 Å². The van der Waals surface area contributed by atoms with E-state index in [1.54, 1.807) is 29.4 Å².